The summed E-state index contributed by atoms with van der Waals surface area (Å²) in [6.07, 6.45) is 3.17. The maximum absolute atomic E-state index is 12.4. The number of aromatic nitrogens is 2. The zero-order valence-electron chi connectivity index (χ0n) is 11.4. The third kappa shape index (κ3) is 3.70. The summed E-state index contributed by atoms with van der Waals surface area (Å²) in [6, 6.07) is 0. The zero-order valence-corrected chi connectivity index (χ0v) is 11.4. The summed E-state index contributed by atoms with van der Waals surface area (Å²) < 4.78 is 1.53. The van der Waals surface area contributed by atoms with Crippen LogP contribution in [0, 0.1) is 0 Å². The Bertz CT molecular complexity index is 455. The van der Waals surface area contributed by atoms with Gasteiger partial charge in [0.05, 0.1) is 18.4 Å². The van der Waals surface area contributed by atoms with Gasteiger partial charge < -0.3 is 16.4 Å². The monoisotopic (exact) mass is 267 g/mol. The van der Waals surface area contributed by atoms with Gasteiger partial charge in [-0.25, -0.2) is 0 Å². The molecule has 7 heteroatoms. The molecule has 4 N–H and O–H groups in total. The highest BCUT2D eigenvalue weighted by Gasteiger charge is 2.23. The van der Waals surface area contributed by atoms with E-state index in [-0.39, 0.29) is 12.5 Å². The molecule has 1 heterocycles. The number of nitrogen functional groups attached to an aromatic ring is 1. The lowest BCUT2D eigenvalue weighted by Crippen LogP contribution is -2.40. The largest absolute Gasteiger partial charge is 0.396 e. The number of unbranched alkanes of at least 4 members (excludes halogenated alkanes) is 1. The first kappa shape index (κ1) is 15.0. The van der Waals surface area contributed by atoms with E-state index < -0.39 is 5.91 Å². The van der Waals surface area contributed by atoms with Gasteiger partial charge in [-0.15, -0.1) is 0 Å². The number of amides is 2. The number of nitrogens with zero attached hydrogens (tertiary/aromatic N) is 3. The van der Waals surface area contributed by atoms with Crippen LogP contribution >= 0.6 is 0 Å². The van der Waals surface area contributed by atoms with E-state index in [1.807, 2.05) is 13.8 Å². The maximum atomic E-state index is 12.4. The van der Waals surface area contributed by atoms with Gasteiger partial charge in [-0.2, -0.15) is 5.10 Å². The van der Waals surface area contributed by atoms with Crippen LogP contribution in [0.15, 0.2) is 6.20 Å². The molecule has 0 aliphatic heterocycles. The quantitative estimate of drug-likeness (QED) is 0.736. The van der Waals surface area contributed by atoms with Gasteiger partial charge >= 0.3 is 0 Å². The predicted octanol–water partition coefficient (Wildman–Crippen LogP) is 0.213. The van der Waals surface area contributed by atoms with Gasteiger partial charge in [0, 0.05) is 13.1 Å². The molecule has 0 aliphatic rings. The molecule has 0 saturated heterocycles. The molecule has 106 valence electrons. The number of carbonyl (C=O) groups is 2. The van der Waals surface area contributed by atoms with Crippen molar-refractivity contribution in [1.82, 2.24) is 14.7 Å². The van der Waals surface area contributed by atoms with Gasteiger partial charge in [0.25, 0.3) is 5.91 Å². The fourth-order valence-electron chi connectivity index (χ4n) is 1.81. The fourth-order valence-corrected chi connectivity index (χ4v) is 1.81. The second-order valence-corrected chi connectivity index (χ2v) is 4.31. The summed E-state index contributed by atoms with van der Waals surface area (Å²) in [5, 5.41) is 4.03. The number of aryl methyl sites for hydroxylation is 1. The highest BCUT2D eigenvalue weighted by atomic mass is 16.2. The molecule has 0 spiro atoms. The van der Waals surface area contributed by atoms with Crippen molar-refractivity contribution in [3.05, 3.63) is 11.9 Å². The number of hydrogen-bond acceptors (Lipinski definition) is 4. The number of primary amides is 1. The van der Waals surface area contributed by atoms with E-state index in [1.54, 1.807) is 0 Å². The lowest BCUT2D eigenvalue weighted by atomic mass is 10.2. The Hall–Kier alpha value is -2.05. The normalized spacial score (nSPS) is 10.4. The topological polar surface area (TPSA) is 107 Å². The van der Waals surface area contributed by atoms with Crippen molar-refractivity contribution in [1.29, 1.82) is 0 Å². The van der Waals surface area contributed by atoms with Gasteiger partial charge in [0.1, 0.15) is 5.69 Å². The van der Waals surface area contributed by atoms with Crippen LogP contribution in [0.5, 0.6) is 0 Å². The van der Waals surface area contributed by atoms with E-state index in [0.717, 1.165) is 12.8 Å². The van der Waals surface area contributed by atoms with Crippen molar-refractivity contribution in [3.8, 4) is 0 Å². The highest BCUT2D eigenvalue weighted by molar-refractivity contribution is 5.99. The molecule has 0 saturated carbocycles. The van der Waals surface area contributed by atoms with Gasteiger partial charge in [-0.05, 0) is 13.3 Å². The summed E-state index contributed by atoms with van der Waals surface area (Å²) in [5.74, 6) is -0.838. The van der Waals surface area contributed by atoms with E-state index in [1.165, 1.54) is 15.8 Å². The van der Waals surface area contributed by atoms with Crippen LogP contribution in [-0.2, 0) is 11.3 Å². The number of rotatable bonds is 7. The predicted molar refractivity (Wildman–Crippen MR) is 72.3 cm³/mol. The van der Waals surface area contributed by atoms with Crippen molar-refractivity contribution >= 4 is 17.5 Å². The molecular weight excluding hydrogens is 246 g/mol. The molecule has 0 aromatic carbocycles. The molecule has 2 amide bonds. The first-order chi connectivity index (χ1) is 9.01. The standard InChI is InChI=1S/C12H21N5O2/c1-3-5-6-16(8-10(14)18)12(19)11-9(13)7-15-17(11)4-2/h7H,3-6,8,13H2,1-2H3,(H2,14,18). The number of carbonyl (C=O) groups excluding carboxylic acids is 2. The van der Waals surface area contributed by atoms with Gasteiger partial charge in [0.15, 0.2) is 0 Å². The smallest absolute Gasteiger partial charge is 0.274 e. The lowest BCUT2D eigenvalue weighted by molar-refractivity contribution is -0.118. The van der Waals surface area contributed by atoms with E-state index >= 15 is 0 Å². The van der Waals surface area contributed by atoms with Crippen LogP contribution in [0.2, 0.25) is 0 Å². The van der Waals surface area contributed by atoms with Crippen molar-refractivity contribution in [2.45, 2.75) is 33.2 Å². The van der Waals surface area contributed by atoms with E-state index in [2.05, 4.69) is 5.10 Å². The third-order valence-corrected chi connectivity index (χ3v) is 2.79. The van der Waals surface area contributed by atoms with Crippen LogP contribution in [0.3, 0.4) is 0 Å². The molecule has 0 atom stereocenters. The lowest BCUT2D eigenvalue weighted by Gasteiger charge is -2.21. The summed E-state index contributed by atoms with van der Waals surface area (Å²) in [5.41, 5.74) is 11.6. The molecule has 0 unspecified atom stereocenters. The Morgan fingerprint density at radius 3 is 2.63 bits per heavy atom. The average Bonchev–Trinajstić information content (AvgIpc) is 2.74. The molecule has 19 heavy (non-hydrogen) atoms. The Balaban J connectivity index is 2.97. The van der Waals surface area contributed by atoms with Crippen molar-refractivity contribution < 1.29 is 9.59 Å². The molecule has 1 aromatic rings. The summed E-state index contributed by atoms with van der Waals surface area (Å²) in [7, 11) is 0. The van der Waals surface area contributed by atoms with Crippen LogP contribution < -0.4 is 11.5 Å². The SMILES string of the molecule is CCCCN(CC(N)=O)C(=O)c1c(N)cnn1CC. The minimum absolute atomic E-state index is 0.104. The van der Waals surface area contributed by atoms with E-state index in [4.69, 9.17) is 11.5 Å². The number of nitrogens with two attached hydrogens (primary N) is 2. The first-order valence-electron chi connectivity index (χ1n) is 6.40. The molecule has 0 fully saturated rings. The Labute approximate surface area is 112 Å². The average molecular weight is 267 g/mol. The van der Waals surface area contributed by atoms with Crippen molar-refractivity contribution in [2.75, 3.05) is 18.8 Å². The van der Waals surface area contributed by atoms with E-state index in [9.17, 15) is 9.59 Å². The Kier molecular flexibility index (Phi) is 5.35. The van der Waals surface area contributed by atoms with Crippen LogP contribution in [0.25, 0.3) is 0 Å². The van der Waals surface area contributed by atoms with Crippen molar-refractivity contribution in [3.63, 3.8) is 0 Å². The molecule has 7 nitrogen and oxygen atoms in total. The van der Waals surface area contributed by atoms with Gasteiger partial charge in [0.2, 0.25) is 5.91 Å². The third-order valence-electron chi connectivity index (χ3n) is 2.79. The van der Waals surface area contributed by atoms with E-state index in [0.29, 0.717) is 24.5 Å². The summed E-state index contributed by atoms with van der Waals surface area (Å²) >= 11 is 0. The molecule has 0 bridgehead atoms. The molecule has 0 aliphatic carbocycles. The van der Waals surface area contributed by atoms with Crippen molar-refractivity contribution in [2.24, 2.45) is 5.73 Å². The van der Waals surface area contributed by atoms with Gasteiger partial charge in [-0.3, -0.25) is 14.3 Å². The first-order valence-corrected chi connectivity index (χ1v) is 6.40. The number of hydrogen-bond donors (Lipinski definition) is 2. The summed E-state index contributed by atoms with van der Waals surface area (Å²) in [6.45, 7) is 4.79. The molecular formula is C12H21N5O2. The second kappa shape index (κ2) is 6.77. The highest BCUT2D eigenvalue weighted by Crippen LogP contribution is 2.14. The van der Waals surface area contributed by atoms with Crippen LogP contribution in [0.1, 0.15) is 37.2 Å². The van der Waals surface area contributed by atoms with Crippen LogP contribution in [0.4, 0.5) is 5.69 Å². The fraction of sp³-hybridized carbons (Fsp3) is 0.583. The molecule has 1 aromatic heterocycles. The number of anilines is 1. The minimum atomic E-state index is -0.536. The second-order valence-electron chi connectivity index (χ2n) is 4.31. The van der Waals surface area contributed by atoms with Crippen LogP contribution in [-0.4, -0.2) is 39.6 Å². The zero-order chi connectivity index (χ0) is 14.4. The minimum Gasteiger partial charge on any atom is -0.396 e. The van der Waals surface area contributed by atoms with Gasteiger partial charge in [-0.1, -0.05) is 13.3 Å². The summed E-state index contributed by atoms with van der Waals surface area (Å²) in [4.78, 5) is 24.9. The Morgan fingerprint density at radius 1 is 1.42 bits per heavy atom. The maximum Gasteiger partial charge on any atom is 0.274 e. The molecule has 1 rings (SSSR count). The Morgan fingerprint density at radius 2 is 2.11 bits per heavy atom. The molecule has 0 radical (unpaired) electrons.